The van der Waals surface area contributed by atoms with Gasteiger partial charge in [0.1, 0.15) is 5.75 Å². The van der Waals surface area contributed by atoms with Crippen molar-refractivity contribution in [1.82, 2.24) is 10.1 Å². The van der Waals surface area contributed by atoms with Crippen LogP contribution < -0.4 is 9.64 Å². The maximum atomic E-state index is 12.7. The summed E-state index contributed by atoms with van der Waals surface area (Å²) in [7, 11) is 1.62. The lowest BCUT2D eigenvalue weighted by Gasteiger charge is -2.19. The highest BCUT2D eigenvalue weighted by Gasteiger charge is 2.35. The Bertz CT molecular complexity index is 1040. The van der Waals surface area contributed by atoms with E-state index >= 15 is 0 Å². The molecule has 1 saturated heterocycles. The molecule has 6 heteroatoms. The first-order valence-corrected chi connectivity index (χ1v) is 9.32. The molecular formula is C22H23N3O3. The first-order valence-electron chi connectivity index (χ1n) is 9.32. The molecule has 28 heavy (non-hydrogen) atoms. The number of carbonyl (C=O) groups excluding carboxylic acids is 1. The van der Waals surface area contributed by atoms with Crippen molar-refractivity contribution in [1.29, 1.82) is 0 Å². The molecule has 144 valence electrons. The Hall–Kier alpha value is -3.15. The van der Waals surface area contributed by atoms with Gasteiger partial charge in [-0.25, -0.2) is 0 Å². The van der Waals surface area contributed by atoms with Gasteiger partial charge in [-0.05, 0) is 55.7 Å². The van der Waals surface area contributed by atoms with Crippen molar-refractivity contribution in [3.8, 4) is 17.2 Å². The van der Waals surface area contributed by atoms with Crippen LogP contribution in [0.5, 0.6) is 5.75 Å². The topological polar surface area (TPSA) is 68.5 Å². The maximum absolute atomic E-state index is 12.7. The van der Waals surface area contributed by atoms with Gasteiger partial charge < -0.3 is 14.2 Å². The molecule has 1 aliphatic rings. The summed E-state index contributed by atoms with van der Waals surface area (Å²) in [6.45, 7) is 6.64. The third-order valence-corrected chi connectivity index (χ3v) is 5.39. The molecule has 1 atom stereocenters. The highest BCUT2D eigenvalue weighted by molar-refractivity contribution is 5.97. The minimum Gasteiger partial charge on any atom is -0.497 e. The van der Waals surface area contributed by atoms with E-state index in [4.69, 9.17) is 9.26 Å². The number of methoxy groups -OCH3 is 1. The van der Waals surface area contributed by atoms with E-state index in [2.05, 4.69) is 24.0 Å². The van der Waals surface area contributed by atoms with Gasteiger partial charge in [-0.2, -0.15) is 4.98 Å². The molecule has 1 fully saturated rings. The first kappa shape index (κ1) is 18.2. The van der Waals surface area contributed by atoms with Crippen molar-refractivity contribution in [2.24, 2.45) is 0 Å². The SMILES string of the molecule is COc1ccc(C)c(N2CC(c3noc(-c4ccc(C)c(C)c4)n3)CC2=O)c1. The van der Waals surface area contributed by atoms with E-state index in [-0.39, 0.29) is 11.8 Å². The Morgan fingerprint density at radius 1 is 1.07 bits per heavy atom. The molecule has 1 aliphatic heterocycles. The van der Waals surface area contributed by atoms with Crippen LogP contribution >= 0.6 is 0 Å². The van der Waals surface area contributed by atoms with Gasteiger partial charge in [0.25, 0.3) is 5.89 Å². The quantitative estimate of drug-likeness (QED) is 0.682. The molecule has 0 aliphatic carbocycles. The standard InChI is InChI=1S/C22H23N3O3/c1-13-5-7-16(9-15(13)3)22-23-21(24-28-22)17-10-20(26)25(12-17)19-11-18(27-4)8-6-14(19)2/h5-9,11,17H,10,12H2,1-4H3. The van der Waals surface area contributed by atoms with Gasteiger partial charge in [0.05, 0.1) is 12.8 Å². The van der Waals surface area contributed by atoms with Gasteiger partial charge in [0.15, 0.2) is 5.82 Å². The fourth-order valence-electron chi connectivity index (χ4n) is 3.51. The molecule has 0 saturated carbocycles. The zero-order valence-electron chi connectivity index (χ0n) is 16.5. The molecule has 6 nitrogen and oxygen atoms in total. The summed E-state index contributed by atoms with van der Waals surface area (Å²) in [6, 6.07) is 11.8. The average Bonchev–Trinajstić information content (AvgIpc) is 3.31. The lowest BCUT2D eigenvalue weighted by atomic mass is 10.1. The second-order valence-corrected chi connectivity index (χ2v) is 7.31. The van der Waals surface area contributed by atoms with E-state index in [0.717, 1.165) is 22.6 Å². The lowest BCUT2D eigenvalue weighted by Crippen LogP contribution is -2.25. The molecule has 0 bridgehead atoms. The number of hydrogen-bond acceptors (Lipinski definition) is 5. The van der Waals surface area contributed by atoms with Gasteiger partial charge in [0.2, 0.25) is 5.91 Å². The summed E-state index contributed by atoms with van der Waals surface area (Å²) >= 11 is 0. The number of carbonyl (C=O) groups is 1. The molecule has 0 radical (unpaired) electrons. The van der Waals surface area contributed by atoms with Crippen LogP contribution in [0.25, 0.3) is 11.5 Å². The third kappa shape index (κ3) is 3.26. The number of amides is 1. The van der Waals surface area contributed by atoms with Crippen LogP contribution in [-0.2, 0) is 4.79 Å². The Labute approximate surface area is 164 Å². The number of rotatable bonds is 4. The fraction of sp³-hybridized carbons (Fsp3) is 0.318. The second kappa shape index (κ2) is 7.11. The minimum atomic E-state index is -0.0952. The van der Waals surface area contributed by atoms with Crippen LogP contribution in [-0.4, -0.2) is 29.7 Å². The average molecular weight is 377 g/mol. The number of nitrogens with zero attached hydrogens (tertiary/aromatic N) is 3. The van der Waals surface area contributed by atoms with E-state index in [9.17, 15) is 4.79 Å². The molecule has 3 aromatic rings. The molecule has 4 rings (SSSR count). The summed E-state index contributed by atoms with van der Waals surface area (Å²) in [5, 5.41) is 4.16. The Balaban J connectivity index is 1.58. The van der Waals surface area contributed by atoms with E-state index in [0.29, 0.717) is 24.7 Å². The van der Waals surface area contributed by atoms with Gasteiger partial charge in [-0.1, -0.05) is 17.3 Å². The van der Waals surface area contributed by atoms with Gasteiger partial charge in [0, 0.05) is 30.5 Å². The second-order valence-electron chi connectivity index (χ2n) is 7.31. The van der Waals surface area contributed by atoms with E-state index < -0.39 is 0 Å². The molecule has 0 spiro atoms. The van der Waals surface area contributed by atoms with Crippen molar-refractivity contribution < 1.29 is 14.1 Å². The van der Waals surface area contributed by atoms with Crippen molar-refractivity contribution in [3.05, 3.63) is 58.9 Å². The fourth-order valence-corrected chi connectivity index (χ4v) is 3.51. The smallest absolute Gasteiger partial charge is 0.257 e. The van der Waals surface area contributed by atoms with Crippen molar-refractivity contribution in [2.75, 3.05) is 18.6 Å². The van der Waals surface area contributed by atoms with Crippen LogP contribution in [0.4, 0.5) is 5.69 Å². The van der Waals surface area contributed by atoms with E-state index in [1.807, 2.05) is 43.3 Å². The largest absolute Gasteiger partial charge is 0.497 e. The summed E-state index contributed by atoms with van der Waals surface area (Å²) in [5.41, 5.74) is 5.18. The maximum Gasteiger partial charge on any atom is 0.257 e. The van der Waals surface area contributed by atoms with Gasteiger partial charge in [-0.3, -0.25) is 4.79 Å². The van der Waals surface area contributed by atoms with Gasteiger partial charge in [-0.15, -0.1) is 0 Å². The zero-order chi connectivity index (χ0) is 19.8. The highest BCUT2D eigenvalue weighted by Crippen LogP contribution is 2.34. The van der Waals surface area contributed by atoms with Crippen molar-refractivity contribution >= 4 is 11.6 Å². The van der Waals surface area contributed by atoms with E-state index in [1.54, 1.807) is 12.0 Å². The van der Waals surface area contributed by atoms with Crippen LogP contribution in [0.3, 0.4) is 0 Å². The number of benzene rings is 2. The molecular weight excluding hydrogens is 354 g/mol. The molecule has 2 aromatic carbocycles. The summed E-state index contributed by atoms with van der Waals surface area (Å²) in [5.74, 6) is 1.75. The predicted molar refractivity (Wildman–Crippen MR) is 107 cm³/mol. The van der Waals surface area contributed by atoms with E-state index in [1.165, 1.54) is 11.1 Å². The molecule has 0 N–H and O–H groups in total. The summed E-state index contributed by atoms with van der Waals surface area (Å²) < 4.78 is 10.8. The number of ether oxygens (including phenoxy) is 1. The van der Waals surface area contributed by atoms with Crippen LogP contribution in [0, 0.1) is 20.8 Å². The summed E-state index contributed by atoms with van der Waals surface area (Å²) in [6.07, 6.45) is 0.364. The Kier molecular flexibility index (Phi) is 4.63. The van der Waals surface area contributed by atoms with Crippen molar-refractivity contribution in [3.63, 3.8) is 0 Å². The Morgan fingerprint density at radius 2 is 1.86 bits per heavy atom. The summed E-state index contributed by atoms with van der Waals surface area (Å²) in [4.78, 5) is 19.0. The molecule has 1 amide bonds. The normalized spacial score (nSPS) is 16.6. The number of aromatic nitrogens is 2. The molecule has 1 unspecified atom stereocenters. The lowest BCUT2D eigenvalue weighted by molar-refractivity contribution is -0.117. The van der Waals surface area contributed by atoms with Crippen LogP contribution in [0.15, 0.2) is 40.9 Å². The number of hydrogen-bond donors (Lipinski definition) is 0. The minimum absolute atomic E-state index is 0.0545. The first-order chi connectivity index (χ1) is 13.5. The highest BCUT2D eigenvalue weighted by atomic mass is 16.5. The molecule has 1 aromatic heterocycles. The van der Waals surface area contributed by atoms with Crippen LogP contribution in [0.1, 0.15) is 34.9 Å². The number of anilines is 1. The monoisotopic (exact) mass is 377 g/mol. The molecule has 2 heterocycles. The van der Waals surface area contributed by atoms with Gasteiger partial charge >= 0.3 is 0 Å². The predicted octanol–water partition coefficient (Wildman–Crippen LogP) is 4.19. The van der Waals surface area contributed by atoms with Crippen LogP contribution in [0.2, 0.25) is 0 Å². The zero-order valence-corrected chi connectivity index (χ0v) is 16.5. The number of aryl methyl sites for hydroxylation is 3. The van der Waals surface area contributed by atoms with Crippen molar-refractivity contribution in [2.45, 2.75) is 33.1 Å². The third-order valence-electron chi connectivity index (χ3n) is 5.39. The Morgan fingerprint density at radius 3 is 2.61 bits per heavy atom.